The molecule has 0 aromatic heterocycles. The van der Waals surface area contributed by atoms with Crippen molar-refractivity contribution in [2.45, 2.75) is 38.1 Å². The third kappa shape index (κ3) is 3.09. The van der Waals surface area contributed by atoms with Crippen molar-refractivity contribution in [3.63, 3.8) is 0 Å². The Morgan fingerprint density at radius 2 is 2.00 bits per heavy atom. The summed E-state index contributed by atoms with van der Waals surface area (Å²) in [7, 11) is 0. The van der Waals surface area contributed by atoms with E-state index in [0.29, 0.717) is 6.04 Å². The Morgan fingerprint density at radius 1 is 1.13 bits per heavy atom. The Balaban J connectivity index is 1.43. The standard InChI is InChI=1S/C19H26N2O2/c22-19(20-18-8-7-14-3-2-6-17(14)18)15-4-1-5-16(13-15)21-9-11-23-12-10-21/h1,4-5,13-14,17-18H,2-3,6-12H2,(H,20,22)/t14-,17-,18-/m0/s1. The molecule has 1 aliphatic heterocycles. The largest absolute Gasteiger partial charge is 0.378 e. The normalized spacial score (nSPS) is 30.3. The van der Waals surface area contributed by atoms with Gasteiger partial charge in [0.2, 0.25) is 0 Å². The van der Waals surface area contributed by atoms with Crippen molar-refractivity contribution < 1.29 is 9.53 Å². The van der Waals surface area contributed by atoms with Crippen LogP contribution in [-0.2, 0) is 4.74 Å². The topological polar surface area (TPSA) is 41.6 Å². The Bertz CT molecular complexity index is 568. The molecule has 2 saturated carbocycles. The van der Waals surface area contributed by atoms with E-state index in [0.717, 1.165) is 55.8 Å². The van der Waals surface area contributed by atoms with Gasteiger partial charge in [0, 0.05) is 30.4 Å². The van der Waals surface area contributed by atoms with E-state index in [9.17, 15) is 4.79 Å². The predicted molar refractivity (Wildman–Crippen MR) is 90.8 cm³/mol. The zero-order chi connectivity index (χ0) is 15.6. The molecule has 124 valence electrons. The summed E-state index contributed by atoms with van der Waals surface area (Å²) in [6, 6.07) is 8.43. The minimum atomic E-state index is 0.0951. The number of carbonyl (C=O) groups is 1. The number of anilines is 1. The van der Waals surface area contributed by atoms with Crippen LogP contribution in [0.1, 0.15) is 42.5 Å². The molecule has 1 amide bonds. The average Bonchev–Trinajstić information content (AvgIpc) is 3.21. The molecule has 3 aliphatic rings. The maximum absolute atomic E-state index is 12.7. The first-order valence-electron chi connectivity index (χ1n) is 9.05. The fourth-order valence-corrected chi connectivity index (χ4v) is 4.66. The highest BCUT2D eigenvalue weighted by Gasteiger charge is 2.39. The third-order valence-corrected chi connectivity index (χ3v) is 5.88. The molecular weight excluding hydrogens is 288 g/mol. The van der Waals surface area contributed by atoms with Gasteiger partial charge in [-0.2, -0.15) is 0 Å². The lowest BCUT2D eigenvalue weighted by Crippen LogP contribution is -2.38. The van der Waals surface area contributed by atoms with Gasteiger partial charge in [0.15, 0.2) is 0 Å². The lowest BCUT2D eigenvalue weighted by Gasteiger charge is -2.29. The van der Waals surface area contributed by atoms with E-state index < -0.39 is 0 Å². The van der Waals surface area contributed by atoms with Crippen LogP contribution in [0.25, 0.3) is 0 Å². The number of hydrogen-bond acceptors (Lipinski definition) is 3. The van der Waals surface area contributed by atoms with Crippen molar-refractivity contribution in [1.82, 2.24) is 5.32 Å². The van der Waals surface area contributed by atoms with Gasteiger partial charge >= 0.3 is 0 Å². The van der Waals surface area contributed by atoms with Gasteiger partial charge in [0.1, 0.15) is 0 Å². The Hall–Kier alpha value is -1.55. The molecule has 0 spiro atoms. The number of fused-ring (bicyclic) bond motifs is 1. The highest BCUT2D eigenvalue weighted by atomic mass is 16.5. The minimum Gasteiger partial charge on any atom is -0.378 e. The predicted octanol–water partition coefficient (Wildman–Crippen LogP) is 2.83. The van der Waals surface area contributed by atoms with E-state index in [4.69, 9.17) is 4.74 Å². The second-order valence-corrected chi connectivity index (χ2v) is 7.16. The second-order valence-electron chi connectivity index (χ2n) is 7.16. The van der Waals surface area contributed by atoms with E-state index in [2.05, 4.69) is 16.3 Å². The molecule has 4 rings (SSSR count). The van der Waals surface area contributed by atoms with E-state index in [1.54, 1.807) is 0 Å². The molecule has 2 aliphatic carbocycles. The van der Waals surface area contributed by atoms with Gasteiger partial charge in [-0.05, 0) is 49.3 Å². The Kier molecular flexibility index (Phi) is 4.25. The van der Waals surface area contributed by atoms with Crippen LogP contribution in [0, 0.1) is 11.8 Å². The van der Waals surface area contributed by atoms with Crippen molar-refractivity contribution in [3.8, 4) is 0 Å². The van der Waals surface area contributed by atoms with Crippen molar-refractivity contribution >= 4 is 11.6 Å². The Labute approximate surface area is 138 Å². The molecule has 1 saturated heterocycles. The van der Waals surface area contributed by atoms with Crippen LogP contribution in [0.4, 0.5) is 5.69 Å². The molecule has 0 unspecified atom stereocenters. The summed E-state index contributed by atoms with van der Waals surface area (Å²) in [5.41, 5.74) is 1.92. The van der Waals surface area contributed by atoms with Gasteiger partial charge in [-0.15, -0.1) is 0 Å². The van der Waals surface area contributed by atoms with Crippen molar-refractivity contribution in [2.75, 3.05) is 31.2 Å². The third-order valence-electron chi connectivity index (χ3n) is 5.88. The number of rotatable bonds is 3. The highest BCUT2D eigenvalue weighted by Crippen LogP contribution is 2.44. The molecule has 4 nitrogen and oxygen atoms in total. The molecule has 23 heavy (non-hydrogen) atoms. The molecule has 4 heteroatoms. The summed E-state index contributed by atoms with van der Waals surface area (Å²) in [5, 5.41) is 3.31. The van der Waals surface area contributed by atoms with Gasteiger partial charge in [0.25, 0.3) is 5.91 Å². The number of morpholine rings is 1. The number of nitrogens with one attached hydrogen (secondary N) is 1. The fourth-order valence-electron chi connectivity index (χ4n) is 4.66. The zero-order valence-electron chi connectivity index (χ0n) is 13.7. The Morgan fingerprint density at radius 3 is 2.87 bits per heavy atom. The van der Waals surface area contributed by atoms with Crippen LogP contribution in [0.5, 0.6) is 0 Å². The molecule has 0 bridgehead atoms. The first-order chi connectivity index (χ1) is 11.3. The van der Waals surface area contributed by atoms with Gasteiger partial charge in [0.05, 0.1) is 13.2 Å². The van der Waals surface area contributed by atoms with Crippen molar-refractivity contribution in [2.24, 2.45) is 11.8 Å². The summed E-state index contributed by atoms with van der Waals surface area (Å²) in [4.78, 5) is 15.0. The van der Waals surface area contributed by atoms with Gasteiger partial charge in [-0.25, -0.2) is 0 Å². The van der Waals surface area contributed by atoms with Gasteiger partial charge in [-0.1, -0.05) is 18.9 Å². The molecule has 1 heterocycles. The minimum absolute atomic E-state index is 0.0951. The monoisotopic (exact) mass is 314 g/mol. The summed E-state index contributed by atoms with van der Waals surface area (Å²) in [6.45, 7) is 3.33. The average molecular weight is 314 g/mol. The van der Waals surface area contributed by atoms with Crippen LogP contribution in [-0.4, -0.2) is 38.3 Å². The van der Waals surface area contributed by atoms with E-state index in [1.165, 1.54) is 25.7 Å². The van der Waals surface area contributed by atoms with Crippen LogP contribution in [0.2, 0.25) is 0 Å². The van der Waals surface area contributed by atoms with Crippen LogP contribution < -0.4 is 10.2 Å². The molecular formula is C19H26N2O2. The lowest BCUT2D eigenvalue weighted by molar-refractivity contribution is 0.0926. The SMILES string of the molecule is O=C(N[C@H]1CC[C@@H]2CCC[C@@H]21)c1cccc(N2CCOCC2)c1. The van der Waals surface area contributed by atoms with Crippen LogP contribution >= 0.6 is 0 Å². The quantitative estimate of drug-likeness (QED) is 0.933. The van der Waals surface area contributed by atoms with Crippen molar-refractivity contribution in [1.29, 1.82) is 0 Å². The summed E-state index contributed by atoms with van der Waals surface area (Å²) in [5.74, 6) is 1.68. The maximum Gasteiger partial charge on any atom is 0.251 e. The van der Waals surface area contributed by atoms with Crippen molar-refractivity contribution in [3.05, 3.63) is 29.8 Å². The number of nitrogens with zero attached hydrogens (tertiary/aromatic N) is 1. The number of ether oxygens (including phenoxy) is 1. The molecule has 0 radical (unpaired) electrons. The summed E-state index contributed by atoms with van der Waals surface area (Å²) >= 11 is 0. The van der Waals surface area contributed by atoms with Crippen LogP contribution in [0.3, 0.4) is 0 Å². The molecule has 1 aromatic rings. The second kappa shape index (κ2) is 6.52. The zero-order valence-corrected chi connectivity index (χ0v) is 13.7. The number of amides is 1. The maximum atomic E-state index is 12.7. The number of hydrogen-bond donors (Lipinski definition) is 1. The molecule has 1 N–H and O–H groups in total. The summed E-state index contributed by atoms with van der Waals surface area (Å²) < 4.78 is 5.41. The fraction of sp³-hybridized carbons (Fsp3) is 0.632. The first-order valence-corrected chi connectivity index (χ1v) is 9.05. The summed E-state index contributed by atoms with van der Waals surface area (Å²) in [6.07, 6.45) is 6.45. The van der Waals surface area contributed by atoms with Gasteiger partial charge in [-0.3, -0.25) is 4.79 Å². The van der Waals surface area contributed by atoms with Crippen LogP contribution in [0.15, 0.2) is 24.3 Å². The number of benzene rings is 1. The smallest absolute Gasteiger partial charge is 0.251 e. The highest BCUT2D eigenvalue weighted by molar-refractivity contribution is 5.95. The lowest BCUT2D eigenvalue weighted by atomic mass is 9.97. The van der Waals surface area contributed by atoms with E-state index in [-0.39, 0.29) is 5.91 Å². The van der Waals surface area contributed by atoms with E-state index >= 15 is 0 Å². The van der Waals surface area contributed by atoms with Gasteiger partial charge < -0.3 is 15.0 Å². The number of carbonyl (C=O) groups excluding carboxylic acids is 1. The first kappa shape index (κ1) is 15.0. The molecule has 3 fully saturated rings. The molecule has 1 aromatic carbocycles. The van der Waals surface area contributed by atoms with E-state index in [1.807, 2.05) is 18.2 Å². The molecule has 3 atom stereocenters.